The summed E-state index contributed by atoms with van der Waals surface area (Å²) in [4.78, 5) is 27.4. The first-order chi connectivity index (χ1) is 13.8. The summed E-state index contributed by atoms with van der Waals surface area (Å²) in [5.74, 6) is 0.305. The van der Waals surface area contributed by atoms with Gasteiger partial charge in [0.15, 0.2) is 0 Å². The van der Waals surface area contributed by atoms with Crippen molar-refractivity contribution < 1.29 is 9.59 Å². The molecule has 1 unspecified atom stereocenters. The van der Waals surface area contributed by atoms with E-state index < -0.39 is 0 Å². The van der Waals surface area contributed by atoms with Gasteiger partial charge in [0.1, 0.15) is 0 Å². The maximum Gasteiger partial charge on any atom is 0.229 e. The lowest BCUT2D eigenvalue weighted by Gasteiger charge is -2.22. The molecule has 0 saturated carbocycles. The van der Waals surface area contributed by atoms with E-state index in [1.165, 1.54) is 5.56 Å². The van der Waals surface area contributed by atoms with Crippen molar-refractivity contribution in [1.29, 1.82) is 0 Å². The summed E-state index contributed by atoms with van der Waals surface area (Å²) >= 11 is 0. The van der Waals surface area contributed by atoms with E-state index in [0.29, 0.717) is 24.9 Å². The topological polar surface area (TPSA) is 49.4 Å². The lowest BCUT2D eigenvalue weighted by Crippen LogP contribution is -2.28. The summed E-state index contributed by atoms with van der Waals surface area (Å²) in [5.41, 5.74) is 5.50. The van der Waals surface area contributed by atoms with Crippen molar-refractivity contribution in [2.75, 3.05) is 11.9 Å². The number of carbonyl (C=O) groups is 2. The maximum absolute atomic E-state index is 13.1. The highest BCUT2D eigenvalue weighted by atomic mass is 16.2. The summed E-state index contributed by atoms with van der Waals surface area (Å²) in [6, 6.07) is 14.4. The molecule has 1 atom stereocenters. The van der Waals surface area contributed by atoms with Crippen LogP contribution in [0.25, 0.3) is 0 Å². The predicted octanol–water partition coefficient (Wildman–Crippen LogP) is 5.23. The molecule has 1 heterocycles. The molecular weight excluding hydrogens is 360 g/mol. The van der Waals surface area contributed by atoms with Crippen molar-refractivity contribution in [3.8, 4) is 0 Å². The van der Waals surface area contributed by atoms with E-state index in [1.807, 2.05) is 19.1 Å². The lowest BCUT2D eigenvalue weighted by atomic mass is 9.92. The van der Waals surface area contributed by atoms with Gasteiger partial charge in [0.2, 0.25) is 11.8 Å². The van der Waals surface area contributed by atoms with Gasteiger partial charge in [-0.25, -0.2) is 0 Å². The molecule has 4 nitrogen and oxygen atoms in total. The molecule has 1 fully saturated rings. The molecule has 2 aromatic carbocycles. The Labute approximate surface area is 174 Å². The average molecular weight is 393 g/mol. The first-order valence-electron chi connectivity index (χ1n) is 10.5. The third kappa shape index (κ3) is 4.87. The highest BCUT2D eigenvalue weighted by molar-refractivity contribution is 5.98. The molecule has 154 valence electrons. The molecule has 1 saturated heterocycles. The number of anilines is 1. The van der Waals surface area contributed by atoms with E-state index in [4.69, 9.17) is 0 Å². The lowest BCUT2D eigenvalue weighted by molar-refractivity contribution is -0.128. The summed E-state index contributed by atoms with van der Waals surface area (Å²) in [7, 11) is 0. The smallest absolute Gasteiger partial charge is 0.229 e. The molecule has 0 aliphatic carbocycles. The van der Waals surface area contributed by atoms with Gasteiger partial charge in [-0.2, -0.15) is 0 Å². The minimum Gasteiger partial charge on any atom is -0.338 e. The number of para-hydroxylation sites is 1. The highest BCUT2D eigenvalue weighted by Crippen LogP contribution is 2.33. The van der Waals surface area contributed by atoms with Crippen molar-refractivity contribution in [2.24, 2.45) is 5.92 Å². The standard InChI is InChI=1S/C25H32N2O2/c1-16(2)21-7-6-8-22(17(3)4)24(21)26-25(29)20-13-23(28)27(15-20)14-19-11-9-18(5)10-12-19/h6-12,16-17,20H,13-15H2,1-5H3,(H,26,29). The van der Waals surface area contributed by atoms with Gasteiger partial charge in [0.25, 0.3) is 0 Å². The first-order valence-corrected chi connectivity index (χ1v) is 10.5. The van der Waals surface area contributed by atoms with E-state index in [0.717, 1.165) is 22.4 Å². The molecule has 0 spiro atoms. The minimum atomic E-state index is -0.312. The zero-order valence-corrected chi connectivity index (χ0v) is 18.2. The monoisotopic (exact) mass is 392 g/mol. The largest absolute Gasteiger partial charge is 0.338 e. The van der Waals surface area contributed by atoms with Gasteiger partial charge >= 0.3 is 0 Å². The van der Waals surface area contributed by atoms with Gasteiger partial charge in [-0.1, -0.05) is 75.7 Å². The highest BCUT2D eigenvalue weighted by Gasteiger charge is 2.34. The average Bonchev–Trinajstić information content (AvgIpc) is 3.04. The Hall–Kier alpha value is -2.62. The molecule has 0 aromatic heterocycles. The van der Waals surface area contributed by atoms with E-state index in [9.17, 15) is 9.59 Å². The zero-order valence-electron chi connectivity index (χ0n) is 18.2. The summed E-state index contributed by atoms with van der Waals surface area (Å²) in [6.07, 6.45) is 0.276. The van der Waals surface area contributed by atoms with Gasteiger partial charge < -0.3 is 10.2 Å². The normalized spacial score (nSPS) is 16.7. The first kappa shape index (κ1) is 21.1. The van der Waals surface area contributed by atoms with Crippen molar-refractivity contribution >= 4 is 17.5 Å². The Morgan fingerprint density at radius 2 is 1.62 bits per heavy atom. The molecule has 4 heteroatoms. The number of nitrogens with zero attached hydrogens (tertiary/aromatic N) is 1. The predicted molar refractivity (Wildman–Crippen MR) is 118 cm³/mol. The number of benzene rings is 2. The van der Waals surface area contributed by atoms with Crippen LogP contribution in [0.15, 0.2) is 42.5 Å². The SMILES string of the molecule is Cc1ccc(CN2CC(C(=O)Nc3c(C(C)C)cccc3C(C)C)CC2=O)cc1. The van der Waals surface area contributed by atoms with E-state index in [-0.39, 0.29) is 24.2 Å². The van der Waals surface area contributed by atoms with Crippen LogP contribution in [-0.4, -0.2) is 23.3 Å². The molecule has 2 aromatic rings. The van der Waals surface area contributed by atoms with Crippen molar-refractivity contribution in [3.05, 3.63) is 64.7 Å². The second-order valence-corrected chi connectivity index (χ2v) is 8.77. The van der Waals surface area contributed by atoms with E-state index in [2.05, 4.69) is 63.3 Å². The number of aryl methyl sites for hydroxylation is 1. The maximum atomic E-state index is 13.1. The van der Waals surface area contributed by atoms with Crippen molar-refractivity contribution in [2.45, 2.75) is 59.4 Å². The minimum absolute atomic E-state index is 0.0481. The Morgan fingerprint density at radius 1 is 1.03 bits per heavy atom. The van der Waals surface area contributed by atoms with Crippen LogP contribution in [0.5, 0.6) is 0 Å². The second kappa shape index (κ2) is 8.81. The van der Waals surface area contributed by atoms with Crippen LogP contribution in [-0.2, 0) is 16.1 Å². The fraction of sp³-hybridized carbons (Fsp3) is 0.440. The van der Waals surface area contributed by atoms with Gasteiger partial charge in [-0.05, 0) is 35.4 Å². The van der Waals surface area contributed by atoms with Gasteiger partial charge in [-0.3, -0.25) is 9.59 Å². The number of hydrogen-bond acceptors (Lipinski definition) is 2. The van der Waals surface area contributed by atoms with Crippen LogP contribution in [0, 0.1) is 12.8 Å². The van der Waals surface area contributed by atoms with Crippen LogP contribution >= 0.6 is 0 Å². The quantitative estimate of drug-likeness (QED) is 0.732. The van der Waals surface area contributed by atoms with Crippen LogP contribution in [0.3, 0.4) is 0 Å². The molecule has 1 N–H and O–H groups in total. The Kier molecular flexibility index (Phi) is 6.41. The van der Waals surface area contributed by atoms with Gasteiger partial charge in [-0.15, -0.1) is 0 Å². The van der Waals surface area contributed by atoms with E-state index >= 15 is 0 Å². The fourth-order valence-corrected chi connectivity index (χ4v) is 3.94. The summed E-state index contributed by atoms with van der Waals surface area (Å²) in [5, 5.41) is 3.18. The number of nitrogens with one attached hydrogen (secondary N) is 1. The zero-order chi connectivity index (χ0) is 21.1. The van der Waals surface area contributed by atoms with Gasteiger partial charge in [0, 0.05) is 25.2 Å². The fourth-order valence-electron chi connectivity index (χ4n) is 3.94. The number of rotatable bonds is 6. The number of carbonyl (C=O) groups excluding carboxylic acids is 2. The second-order valence-electron chi connectivity index (χ2n) is 8.77. The summed E-state index contributed by atoms with van der Waals surface area (Å²) < 4.78 is 0. The Balaban J connectivity index is 1.73. The van der Waals surface area contributed by atoms with Crippen LogP contribution < -0.4 is 5.32 Å². The van der Waals surface area contributed by atoms with Gasteiger partial charge in [0.05, 0.1) is 5.92 Å². The Morgan fingerprint density at radius 3 is 2.17 bits per heavy atom. The molecule has 3 rings (SSSR count). The van der Waals surface area contributed by atoms with Crippen molar-refractivity contribution in [3.63, 3.8) is 0 Å². The third-order valence-corrected chi connectivity index (χ3v) is 5.70. The molecule has 0 radical (unpaired) electrons. The molecule has 2 amide bonds. The molecular formula is C25H32N2O2. The molecule has 29 heavy (non-hydrogen) atoms. The summed E-state index contributed by atoms with van der Waals surface area (Å²) in [6.45, 7) is 11.6. The van der Waals surface area contributed by atoms with Crippen LogP contribution in [0.4, 0.5) is 5.69 Å². The van der Waals surface area contributed by atoms with Crippen LogP contribution in [0.2, 0.25) is 0 Å². The molecule has 1 aliphatic heterocycles. The molecule has 0 bridgehead atoms. The Bertz CT molecular complexity index is 858. The third-order valence-electron chi connectivity index (χ3n) is 5.70. The number of amides is 2. The van der Waals surface area contributed by atoms with Crippen molar-refractivity contribution in [1.82, 2.24) is 4.90 Å². The molecule has 1 aliphatic rings. The van der Waals surface area contributed by atoms with Crippen LogP contribution in [0.1, 0.15) is 68.2 Å². The number of hydrogen-bond donors (Lipinski definition) is 1. The number of likely N-dealkylation sites (tertiary alicyclic amines) is 1. The van der Waals surface area contributed by atoms with E-state index in [1.54, 1.807) is 4.90 Å².